The first-order valence-corrected chi connectivity index (χ1v) is 8.64. The molecule has 0 atom stereocenters. The Morgan fingerprint density at radius 1 is 1.12 bits per heavy atom. The number of methoxy groups -OCH3 is 1. The van der Waals surface area contributed by atoms with Gasteiger partial charge in [0.15, 0.2) is 4.80 Å². The molecule has 0 aliphatic rings. The molecule has 0 fully saturated rings. The van der Waals surface area contributed by atoms with Gasteiger partial charge >= 0.3 is 0 Å². The van der Waals surface area contributed by atoms with Crippen molar-refractivity contribution in [3.63, 3.8) is 0 Å². The summed E-state index contributed by atoms with van der Waals surface area (Å²) >= 11 is 1.64. The zero-order valence-electron chi connectivity index (χ0n) is 13.9. The summed E-state index contributed by atoms with van der Waals surface area (Å²) in [5.74, 6) is 0.855. The van der Waals surface area contributed by atoms with Gasteiger partial charge in [0.2, 0.25) is 0 Å². The van der Waals surface area contributed by atoms with E-state index in [0.717, 1.165) is 34.0 Å². The van der Waals surface area contributed by atoms with E-state index in [1.165, 1.54) is 5.56 Å². The Balaban J connectivity index is 2.06. The summed E-state index contributed by atoms with van der Waals surface area (Å²) in [6, 6.07) is 16.3. The van der Waals surface area contributed by atoms with Crippen LogP contribution < -0.4 is 9.54 Å². The number of aromatic nitrogens is 1. The summed E-state index contributed by atoms with van der Waals surface area (Å²) in [5, 5.41) is 2.14. The number of allylic oxidation sites excluding steroid dienone is 1. The van der Waals surface area contributed by atoms with Gasteiger partial charge in [-0.15, -0.1) is 17.9 Å². The van der Waals surface area contributed by atoms with E-state index in [9.17, 15) is 0 Å². The summed E-state index contributed by atoms with van der Waals surface area (Å²) in [7, 11) is 1.68. The number of hydrogen-bond donors (Lipinski definition) is 0. The van der Waals surface area contributed by atoms with Crippen molar-refractivity contribution in [2.45, 2.75) is 13.5 Å². The van der Waals surface area contributed by atoms with Crippen LogP contribution in [0.1, 0.15) is 5.56 Å². The average molecular weight is 336 g/mol. The number of ether oxygens (including phenoxy) is 1. The largest absolute Gasteiger partial charge is 0.497 e. The second kappa shape index (κ2) is 7.32. The fourth-order valence-corrected chi connectivity index (χ4v) is 3.39. The van der Waals surface area contributed by atoms with Crippen molar-refractivity contribution in [3.8, 4) is 17.0 Å². The van der Waals surface area contributed by atoms with Gasteiger partial charge in [-0.25, -0.2) is 4.99 Å². The van der Waals surface area contributed by atoms with Crippen LogP contribution in [-0.2, 0) is 6.54 Å². The molecule has 1 heterocycles. The van der Waals surface area contributed by atoms with Crippen molar-refractivity contribution in [1.82, 2.24) is 4.57 Å². The van der Waals surface area contributed by atoms with Gasteiger partial charge in [-0.05, 0) is 48.9 Å². The van der Waals surface area contributed by atoms with E-state index in [1.54, 1.807) is 18.4 Å². The summed E-state index contributed by atoms with van der Waals surface area (Å²) in [5.41, 5.74) is 4.47. The van der Waals surface area contributed by atoms with Gasteiger partial charge in [0.25, 0.3) is 0 Å². The van der Waals surface area contributed by atoms with E-state index in [2.05, 4.69) is 47.7 Å². The van der Waals surface area contributed by atoms with Crippen LogP contribution in [0.2, 0.25) is 0 Å². The van der Waals surface area contributed by atoms with E-state index in [-0.39, 0.29) is 0 Å². The van der Waals surface area contributed by atoms with Gasteiger partial charge in [-0.3, -0.25) is 0 Å². The Labute approximate surface area is 146 Å². The van der Waals surface area contributed by atoms with Gasteiger partial charge < -0.3 is 9.30 Å². The Morgan fingerprint density at radius 3 is 2.46 bits per heavy atom. The van der Waals surface area contributed by atoms with Crippen molar-refractivity contribution >= 4 is 17.0 Å². The smallest absolute Gasteiger partial charge is 0.190 e. The van der Waals surface area contributed by atoms with E-state index in [1.807, 2.05) is 30.3 Å². The standard InChI is InChI=1S/C20H20N2OS/c1-4-13-22-19(16-7-11-18(23-3)12-8-16)14-24-20(22)21-17-9-5-15(2)6-10-17/h4-12,14H,1,13H2,2-3H3. The molecule has 4 heteroatoms. The first kappa shape index (κ1) is 16.3. The molecule has 0 amide bonds. The molecule has 3 rings (SSSR count). The first-order valence-electron chi connectivity index (χ1n) is 7.76. The topological polar surface area (TPSA) is 26.5 Å². The number of nitrogens with zero attached hydrogens (tertiary/aromatic N) is 2. The van der Waals surface area contributed by atoms with Crippen LogP contribution in [0.3, 0.4) is 0 Å². The summed E-state index contributed by atoms with van der Waals surface area (Å²) in [4.78, 5) is 5.75. The number of benzene rings is 2. The second-order valence-electron chi connectivity index (χ2n) is 5.48. The van der Waals surface area contributed by atoms with Crippen molar-refractivity contribution in [2.75, 3.05) is 7.11 Å². The van der Waals surface area contributed by atoms with E-state index >= 15 is 0 Å². The Morgan fingerprint density at radius 2 is 1.83 bits per heavy atom. The zero-order valence-corrected chi connectivity index (χ0v) is 14.7. The molecule has 24 heavy (non-hydrogen) atoms. The minimum atomic E-state index is 0.718. The molecule has 0 N–H and O–H groups in total. The van der Waals surface area contributed by atoms with Gasteiger partial charge in [0, 0.05) is 11.9 Å². The predicted molar refractivity (Wildman–Crippen MR) is 101 cm³/mol. The molecule has 0 radical (unpaired) electrons. The summed E-state index contributed by atoms with van der Waals surface area (Å²) < 4.78 is 7.42. The summed E-state index contributed by atoms with van der Waals surface area (Å²) in [6.45, 7) is 6.68. The molecule has 122 valence electrons. The normalized spacial score (nSPS) is 11.5. The van der Waals surface area contributed by atoms with Crippen LogP contribution in [-0.4, -0.2) is 11.7 Å². The minimum absolute atomic E-state index is 0.718. The SMILES string of the molecule is C=CCn1c(-c2ccc(OC)cc2)csc1=Nc1ccc(C)cc1. The number of rotatable bonds is 5. The molecule has 0 bridgehead atoms. The molecular weight excluding hydrogens is 316 g/mol. The van der Waals surface area contributed by atoms with Crippen molar-refractivity contribution in [3.05, 3.63) is 76.9 Å². The van der Waals surface area contributed by atoms with Crippen molar-refractivity contribution in [1.29, 1.82) is 0 Å². The van der Waals surface area contributed by atoms with E-state index in [0.29, 0.717) is 0 Å². The van der Waals surface area contributed by atoms with Crippen LogP contribution in [0.25, 0.3) is 11.3 Å². The second-order valence-corrected chi connectivity index (χ2v) is 6.32. The fraction of sp³-hybridized carbons (Fsp3) is 0.150. The van der Waals surface area contributed by atoms with Gasteiger partial charge in [-0.2, -0.15) is 0 Å². The third kappa shape index (κ3) is 3.49. The molecule has 3 aromatic rings. The Kier molecular flexibility index (Phi) is 4.96. The van der Waals surface area contributed by atoms with Crippen molar-refractivity contribution in [2.24, 2.45) is 4.99 Å². The molecular formula is C20H20N2OS. The van der Waals surface area contributed by atoms with Crippen LogP contribution in [0, 0.1) is 6.92 Å². The quantitative estimate of drug-likeness (QED) is 0.605. The molecule has 3 nitrogen and oxygen atoms in total. The molecule has 0 saturated heterocycles. The highest BCUT2D eigenvalue weighted by atomic mass is 32.1. The summed E-state index contributed by atoms with van der Waals surface area (Å²) in [6.07, 6.45) is 1.90. The Hall–Kier alpha value is -2.59. The molecule has 1 aromatic heterocycles. The minimum Gasteiger partial charge on any atom is -0.497 e. The maximum atomic E-state index is 5.24. The van der Waals surface area contributed by atoms with Gasteiger partial charge in [-0.1, -0.05) is 23.8 Å². The van der Waals surface area contributed by atoms with E-state index < -0.39 is 0 Å². The molecule has 0 unspecified atom stereocenters. The van der Waals surface area contributed by atoms with Crippen molar-refractivity contribution < 1.29 is 4.74 Å². The lowest BCUT2D eigenvalue weighted by atomic mass is 10.1. The zero-order chi connectivity index (χ0) is 16.9. The van der Waals surface area contributed by atoms with Gasteiger partial charge in [0.05, 0.1) is 18.5 Å². The number of thiazole rings is 1. The lowest BCUT2D eigenvalue weighted by molar-refractivity contribution is 0.415. The molecule has 0 spiro atoms. The third-order valence-corrected chi connectivity index (χ3v) is 4.62. The molecule has 0 saturated carbocycles. The third-order valence-electron chi connectivity index (χ3n) is 3.75. The van der Waals surface area contributed by atoms with Crippen LogP contribution >= 0.6 is 11.3 Å². The lowest BCUT2D eigenvalue weighted by Crippen LogP contribution is -2.14. The lowest BCUT2D eigenvalue weighted by Gasteiger charge is -2.07. The van der Waals surface area contributed by atoms with Crippen LogP contribution in [0.15, 0.2) is 71.6 Å². The average Bonchev–Trinajstić information content (AvgIpc) is 3.00. The highest BCUT2D eigenvalue weighted by Gasteiger charge is 2.07. The highest BCUT2D eigenvalue weighted by Crippen LogP contribution is 2.23. The highest BCUT2D eigenvalue weighted by molar-refractivity contribution is 7.07. The molecule has 0 aliphatic heterocycles. The van der Waals surface area contributed by atoms with E-state index in [4.69, 9.17) is 9.73 Å². The molecule has 0 aliphatic carbocycles. The Bertz CT molecular complexity index is 887. The number of hydrogen-bond acceptors (Lipinski definition) is 3. The monoisotopic (exact) mass is 336 g/mol. The fourth-order valence-electron chi connectivity index (χ4n) is 2.45. The van der Waals surface area contributed by atoms with Crippen LogP contribution in [0.4, 0.5) is 5.69 Å². The molecule has 2 aromatic carbocycles. The maximum absolute atomic E-state index is 5.24. The van der Waals surface area contributed by atoms with Gasteiger partial charge in [0.1, 0.15) is 5.75 Å². The maximum Gasteiger partial charge on any atom is 0.190 e. The predicted octanol–water partition coefficient (Wildman–Crippen LogP) is 4.95. The number of aryl methyl sites for hydroxylation is 1. The first-order chi connectivity index (χ1) is 11.7. The van der Waals surface area contributed by atoms with Crippen LogP contribution in [0.5, 0.6) is 5.75 Å².